The van der Waals surface area contributed by atoms with Gasteiger partial charge in [0.1, 0.15) is 0 Å². The highest BCUT2D eigenvalue weighted by Gasteiger charge is 2.34. The van der Waals surface area contributed by atoms with Crippen LogP contribution in [0.25, 0.3) is 0 Å². The number of alkyl halides is 3. The number of hydrogen-bond acceptors (Lipinski definition) is 3. The molecule has 2 N–H and O–H groups in total. The van der Waals surface area contributed by atoms with Gasteiger partial charge in [-0.25, -0.2) is 4.98 Å². The lowest BCUT2D eigenvalue weighted by atomic mass is 10.3. The smallest absolute Gasteiger partial charge is 0.397 e. The second-order valence-electron chi connectivity index (χ2n) is 2.31. The fourth-order valence-electron chi connectivity index (χ4n) is 0.810. The van der Waals surface area contributed by atoms with Gasteiger partial charge in [-0.1, -0.05) is 0 Å². The molecule has 0 amide bonds. The number of nitrogen functional groups attached to an aromatic ring is 1. The molecule has 0 atom stereocenters. The molecule has 0 aliphatic heterocycles. The van der Waals surface area contributed by atoms with Crippen LogP contribution < -0.4 is 5.73 Å². The Labute approximate surface area is 77.3 Å². The summed E-state index contributed by atoms with van der Waals surface area (Å²) in [5.41, 5.74) is 3.83. The zero-order chi connectivity index (χ0) is 10.1. The fourth-order valence-corrected chi connectivity index (χ4v) is 1.21. The number of aromatic nitrogens is 1. The molecule has 1 rings (SSSR count). The van der Waals surface area contributed by atoms with E-state index in [1.165, 1.54) is 17.8 Å². The van der Waals surface area contributed by atoms with Crippen LogP contribution in [0.15, 0.2) is 17.2 Å². The molecule has 13 heavy (non-hydrogen) atoms. The highest BCUT2D eigenvalue weighted by Crippen LogP contribution is 2.32. The lowest BCUT2D eigenvalue weighted by Gasteiger charge is -2.08. The molecule has 0 aliphatic carbocycles. The summed E-state index contributed by atoms with van der Waals surface area (Å²) in [6.45, 7) is 0. The van der Waals surface area contributed by atoms with Crippen molar-refractivity contribution in [3.63, 3.8) is 0 Å². The molecule has 0 aromatic carbocycles. The molecule has 0 fully saturated rings. The molecule has 0 spiro atoms. The number of nitrogens with two attached hydrogens (primary N) is 1. The maximum Gasteiger partial charge on any atom is 0.435 e. The molecule has 72 valence electrons. The van der Waals surface area contributed by atoms with Crippen molar-refractivity contribution in [2.45, 2.75) is 11.1 Å². The second-order valence-corrected chi connectivity index (χ2v) is 3.19. The molecule has 6 heteroatoms. The maximum absolute atomic E-state index is 12.1. The van der Waals surface area contributed by atoms with Gasteiger partial charge >= 0.3 is 6.18 Å². The third-order valence-corrected chi connectivity index (χ3v) is 2.09. The van der Waals surface area contributed by atoms with Gasteiger partial charge in [0.05, 0.1) is 5.69 Å². The maximum atomic E-state index is 12.1. The Hall–Kier alpha value is -0.910. The van der Waals surface area contributed by atoms with Crippen LogP contribution in [0.1, 0.15) is 5.69 Å². The van der Waals surface area contributed by atoms with Crippen molar-refractivity contribution < 1.29 is 13.2 Å². The van der Waals surface area contributed by atoms with E-state index in [2.05, 4.69) is 4.98 Å². The monoisotopic (exact) mass is 208 g/mol. The number of thioether (sulfide) groups is 1. The van der Waals surface area contributed by atoms with Gasteiger partial charge in [0, 0.05) is 11.1 Å². The third kappa shape index (κ3) is 2.27. The van der Waals surface area contributed by atoms with E-state index < -0.39 is 11.9 Å². The molecular formula is C7H7F3N2S. The first kappa shape index (κ1) is 10.2. The Morgan fingerprint density at radius 1 is 1.46 bits per heavy atom. The quantitative estimate of drug-likeness (QED) is 0.720. The zero-order valence-electron chi connectivity index (χ0n) is 6.72. The van der Waals surface area contributed by atoms with Crippen LogP contribution in [0.2, 0.25) is 0 Å². The lowest BCUT2D eigenvalue weighted by molar-refractivity contribution is -0.140. The minimum absolute atomic E-state index is 0.334. The summed E-state index contributed by atoms with van der Waals surface area (Å²) < 4.78 is 36.4. The van der Waals surface area contributed by atoms with Crippen molar-refractivity contribution in [1.29, 1.82) is 0 Å². The summed E-state index contributed by atoms with van der Waals surface area (Å²) in [4.78, 5) is 3.87. The van der Waals surface area contributed by atoms with Gasteiger partial charge in [-0.15, -0.1) is 11.8 Å². The van der Waals surface area contributed by atoms with Crippen LogP contribution in [0.3, 0.4) is 0 Å². The van der Waals surface area contributed by atoms with Crippen molar-refractivity contribution in [2.75, 3.05) is 12.0 Å². The largest absolute Gasteiger partial charge is 0.435 e. The number of hydrogen-bond donors (Lipinski definition) is 1. The van der Waals surface area contributed by atoms with Gasteiger partial charge in [0.15, 0.2) is 5.69 Å². The molecular weight excluding hydrogens is 201 g/mol. The summed E-state index contributed by atoms with van der Waals surface area (Å²) in [5.74, 6) is 0. The number of rotatable bonds is 1. The van der Waals surface area contributed by atoms with Crippen LogP contribution in [-0.4, -0.2) is 11.2 Å². The van der Waals surface area contributed by atoms with E-state index in [-0.39, 0.29) is 5.69 Å². The van der Waals surface area contributed by atoms with Crippen LogP contribution in [-0.2, 0) is 6.18 Å². The van der Waals surface area contributed by atoms with E-state index in [1.807, 2.05) is 0 Å². The van der Waals surface area contributed by atoms with E-state index in [1.54, 1.807) is 6.26 Å². The van der Waals surface area contributed by atoms with E-state index in [4.69, 9.17) is 5.73 Å². The molecule has 0 saturated heterocycles. The number of nitrogens with zero attached hydrogens (tertiary/aromatic N) is 1. The van der Waals surface area contributed by atoms with Gasteiger partial charge < -0.3 is 5.73 Å². The van der Waals surface area contributed by atoms with Crippen LogP contribution in [0.4, 0.5) is 18.9 Å². The first-order valence-electron chi connectivity index (χ1n) is 3.32. The molecule has 1 aromatic heterocycles. The first-order chi connectivity index (χ1) is 5.95. The summed E-state index contributed by atoms with van der Waals surface area (Å²) in [6.07, 6.45) is -1.57. The summed E-state index contributed by atoms with van der Waals surface area (Å²) >= 11 is 1.29. The highest BCUT2D eigenvalue weighted by atomic mass is 32.2. The lowest BCUT2D eigenvalue weighted by Crippen LogP contribution is -2.11. The first-order valence-corrected chi connectivity index (χ1v) is 4.54. The van der Waals surface area contributed by atoms with E-state index in [0.717, 1.165) is 6.20 Å². The minimum atomic E-state index is -4.47. The van der Waals surface area contributed by atoms with Gasteiger partial charge in [0.25, 0.3) is 0 Å². The molecule has 0 saturated carbocycles. The summed E-state index contributed by atoms with van der Waals surface area (Å²) in [5, 5.41) is 0. The highest BCUT2D eigenvalue weighted by molar-refractivity contribution is 7.98. The van der Waals surface area contributed by atoms with Gasteiger partial charge in [0.2, 0.25) is 0 Å². The Morgan fingerprint density at radius 3 is 2.46 bits per heavy atom. The number of halogens is 3. The summed E-state index contributed by atoms with van der Waals surface area (Å²) in [7, 11) is 0. The predicted octanol–water partition coefficient (Wildman–Crippen LogP) is 2.40. The van der Waals surface area contributed by atoms with Crippen molar-refractivity contribution in [1.82, 2.24) is 4.98 Å². The predicted molar refractivity (Wildman–Crippen MR) is 45.4 cm³/mol. The van der Waals surface area contributed by atoms with Gasteiger partial charge in [-0.05, 0) is 12.3 Å². The topological polar surface area (TPSA) is 38.9 Å². The second kappa shape index (κ2) is 3.45. The zero-order valence-corrected chi connectivity index (χ0v) is 7.54. The van der Waals surface area contributed by atoms with Crippen LogP contribution >= 0.6 is 11.8 Å². The Morgan fingerprint density at radius 2 is 2.08 bits per heavy atom. The van der Waals surface area contributed by atoms with E-state index in [9.17, 15) is 13.2 Å². The van der Waals surface area contributed by atoms with Crippen LogP contribution in [0.5, 0.6) is 0 Å². The molecule has 1 heterocycles. The average Bonchev–Trinajstić information content (AvgIpc) is 2.01. The normalized spacial score (nSPS) is 11.7. The summed E-state index contributed by atoms with van der Waals surface area (Å²) in [6, 6.07) is 1.26. The van der Waals surface area contributed by atoms with Gasteiger partial charge in [-0.3, -0.25) is 0 Å². The molecule has 0 bridgehead atoms. The van der Waals surface area contributed by atoms with E-state index >= 15 is 0 Å². The third-order valence-electron chi connectivity index (χ3n) is 1.40. The SMILES string of the molecule is CSc1cnc(C(F)(F)F)c(N)c1. The molecule has 0 aliphatic rings. The minimum Gasteiger partial charge on any atom is -0.397 e. The van der Waals surface area contributed by atoms with E-state index in [0.29, 0.717) is 4.90 Å². The van der Waals surface area contributed by atoms with Crippen molar-refractivity contribution in [2.24, 2.45) is 0 Å². The molecule has 0 radical (unpaired) electrons. The number of anilines is 1. The Kier molecular flexibility index (Phi) is 2.70. The molecule has 2 nitrogen and oxygen atoms in total. The van der Waals surface area contributed by atoms with Crippen molar-refractivity contribution in [3.05, 3.63) is 18.0 Å². The standard InChI is InChI=1S/C7H7F3N2S/c1-13-4-2-5(11)6(12-3-4)7(8,9)10/h2-3H,11H2,1H3. The van der Waals surface area contributed by atoms with Crippen LogP contribution in [0, 0.1) is 0 Å². The average molecular weight is 208 g/mol. The van der Waals surface area contributed by atoms with Gasteiger partial charge in [-0.2, -0.15) is 13.2 Å². The Bertz CT molecular complexity index is 311. The van der Waals surface area contributed by atoms with Crippen molar-refractivity contribution in [3.8, 4) is 0 Å². The molecule has 0 unspecified atom stereocenters. The number of pyridine rings is 1. The van der Waals surface area contributed by atoms with Crippen molar-refractivity contribution >= 4 is 17.4 Å². The Balaban J connectivity index is 3.13. The molecule has 1 aromatic rings. The fraction of sp³-hybridized carbons (Fsp3) is 0.286.